The van der Waals surface area contributed by atoms with Gasteiger partial charge in [-0.25, -0.2) is 0 Å². The third-order valence-electron chi connectivity index (χ3n) is 4.12. The number of aryl methyl sites for hydroxylation is 1. The first kappa shape index (κ1) is 16.9. The van der Waals surface area contributed by atoms with Gasteiger partial charge in [-0.3, -0.25) is 9.20 Å². The number of benzene rings is 1. The van der Waals surface area contributed by atoms with Gasteiger partial charge in [0.25, 0.3) is 11.8 Å². The van der Waals surface area contributed by atoms with E-state index in [0.717, 1.165) is 12.8 Å². The van der Waals surface area contributed by atoms with E-state index in [-0.39, 0.29) is 12.5 Å². The fourth-order valence-electron chi connectivity index (χ4n) is 2.79. The number of amides is 1. The van der Waals surface area contributed by atoms with Gasteiger partial charge in [0.2, 0.25) is 0 Å². The summed E-state index contributed by atoms with van der Waals surface area (Å²) in [4.78, 5) is 16.6. The van der Waals surface area contributed by atoms with Crippen molar-refractivity contribution in [2.75, 3.05) is 0 Å². The molecule has 0 aliphatic heterocycles. The van der Waals surface area contributed by atoms with Crippen molar-refractivity contribution in [3.05, 3.63) is 65.9 Å². The zero-order valence-corrected chi connectivity index (χ0v) is 14.8. The highest BCUT2D eigenvalue weighted by atomic mass is 16.5. The van der Waals surface area contributed by atoms with E-state index >= 15 is 0 Å². The van der Waals surface area contributed by atoms with Gasteiger partial charge in [-0.2, -0.15) is 4.98 Å². The Bertz CT molecular complexity index is 1070. The predicted molar refractivity (Wildman–Crippen MR) is 97.9 cm³/mol. The summed E-state index contributed by atoms with van der Waals surface area (Å²) >= 11 is 0. The standard InChI is InChI=1S/C19H18N6O2/c1-2-7-15-21-19(27-24-15)14-10-6-11-25-16(22-23-17(14)25)12-20-18(26)13-8-4-3-5-9-13/h3-6,8-11H,2,7,12H2,1H3,(H,20,26). The van der Waals surface area contributed by atoms with Gasteiger partial charge < -0.3 is 9.84 Å². The second-order valence-corrected chi connectivity index (χ2v) is 6.05. The molecule has 3 heterocycles. The summed E-state index contributed by atoms with van der Waals surface area (Å²) in [6.07, 6.45) is 3.54. The first-order valence-corrected chi connectivity index (χ1v) is 8.75. The summed E-state index contributed by atoms with van der Waals surface area (Å²) in [7, 11) is 0. The number of nitrogens with one attached hydrogen (secondary N) is 1. The van der Waals surface area contributed by atoms with Crippen LogP contribution in [0.15, 0.2) is 53.2 Å². The third kappa shape index (κ3) is 3.41. The molecule has 4 rings (SSSR count). The Balaban J connectivity index is 1.58. The smallest absolute Gasteiger partial charge is 0.261 e. The van der Waals surface area contributed by atoms with Crippen LogP contribution in [0.1, 0.15) is 35.4 Å². The van der Waals surface area contributed by atoms with Gasteiger partial charge in [0.15, 0.2) is 17.3 Å². The Morgan fingerprint density at radius 1 is 1.15 bits per heavy atom. The Kier molecular flexibility index (Phi) is 4.61. The molecule has 1 N–H and O–H groups in total. The lowest BCUT2D eigenvalue weighted by molar-refractivity contribution is 0.0950. The Morgan fingerprint density at radius 3 is 2.81 bits per heavy atom. The van der Waals surface area contributed by atoms with Crippen molar-refractivity contribution in [2.45, 2.75) is 26.3 Å². The second-order valence-electron chi connectivity index (χ2n) is 6.05. The molecule has 27 heavy (non-hydrogen) atoms. The monoisotopic (exact) mass is 362 g/mol. The zero-order chi connectivity index (χ0) is 18.6. The van der Waals surface area contributed by atoms with Crippen LogP contribution >= 0.6 is 0 Å². The molecule has 0 aliphatic carbocycles. The predicted octanol–water partition coefficient (Wildman–Crippen LogP) is 2.66. The van der Waals surface area contributed by atoms with Crippen molar-refractivity contribution < 1.29 is 9.32 Å². The van der Waals surface area contributed by atoms with Gasteiger partial charge in [-0.1, -0.05) is 30.3 Å². The number of hydrogen-bond donors (Lipinski definition) is 1. The highest BCUT2D eigenvalue weighted by molar-refractivity contribution is 5.94. The average Bonchev–Trinajstić information content (AvgIpc) is 3.34. The molecule has 0 spiro atoms. The summed E-state index contributed by atoms with van der Waals surface area (Å²) in [5.74, 6) is 1.54. The lowest BCUT2D eigenvalue weighted by Crippen LogP contribution is -2.23. The summed E-state index contributed by atoms with van der Waals surface area (Å²) in [5, 5.41) is 15.3. The van der Waals surface area contributed by atoms with Gasteiger partial charge in [0, 0.05) is 18.2 Å². The van der Waals surface area contributed by atoms with Crippen molar-refractivity contribution in [2.24, 2.45) is 0 Å². The van der Waals surface area contributed by atoms with E-state index in [2.05, 4.69) is 32.6 Å². The van der Waals surface area contributed by atoms with Crippen LogP contribution in [0.25, 0.3) is 17.1 Å². The Hall–Kier alpha value is -3.55. The van der Waals surface area contributed by atoms with E-state index in [0.29, 0.717) is 34.3 Å². The van der Waals surface area contributed by atoms with Crippen molar-refractivity contribution in [3.63, 3.8) is 0 Å². The van der Waals surface area contributed by atoms with Crippen molar-refractivity contribution in [1.29, 1.82) is 0 Å². The van der Waals surface area contributed by atoms with Crippen LogP contribution in [-0.4, -0.2) is 30.6 Å². The lowest BCUT2D eigenvalue weighted by atomic mass is 10.2. The van der Waals surface area contributed by atoms with Gasteiger partial charge in [-0.05, 0) is 30.7 Å². The van der Waals surface area contributed by atoms with E-state index in [1.54, 1.807) is 12.1 Å². The molecule has 0 fully saturated rings. The summed E-state index contributed by atoms with van der Waals surface area (Å²) < 4.78 is 7.17. The highest BCUT2D eigenvalue weighted by Gasteiger charge is 2.16. The zero-order valence-electron chi connectivity index (χ0n) is 14.8. The molecule has 0 saturated carbocycles. The molecular formula is C19H18N6O2. The van der Waals surface area contributed by atoms with Gasteiger partial charge in [-0.15, -0.1) is 10.2 Å². The molecule has 0 radical (unpaired) electrons. The molecule has 4 aromatic rings. The molecule has 0 saturated heterocycles. The molecule has 0 aliphatic rings. The Morgan fingerprint density at radius 2 is 2.00 bits per heavy atom. The minimum Gasteiger partial charge on any atom is -0.345 e. The van der Waals surface area contributed by atoms with E-state index in [9.17, 15) is 4.79 Å². The number of rotatable bonds is 6. The maximum absolute atomic E-state index is 12.2. The molecule has 0 atom stereocenters. The van der Waals surface area contributed by atoms with Crippen molar-refractivity contribution in [1.82, 2.24) is 30.1 Å². The number of carbonyl (C=O) groups excluding carboxylic acids is 1. The number of nitrogens with zero attached hydrogens (tertiary/aromatic N) is 5. The number of fused-ring (bicyclic) bond motifs is 1. The summed E-state index contributed by atoms with van der Waals surface area (Å²) in [6, 6.07) is 12.8. The average molecular weight is 362 g/mol. The molecule has 136 valence electrons. The maximum Gasteiger partial charge on any atom is 0.261 e. The minimum atomic E-state index is -0.162. The van der Waals surface area contributed by atoms with Crippen LogP contribution in [0.3, 0.4) is 0 Å². The normalized spacial score (nSPS) is 11.0. The van der Waals surface area contributed by atoms with Crippen molar-refractivity contribution >= 4 is 11.6 Å². The highest BCUT2D eigenvalue weighted by Crippen LogP contribution is 2.22. The van der Waals surface area contributed by atoms with Crippen LogP contribution in [0, 0.1) is 0 Å². The van der Waals surface area contributed by atoms with E-state index < -0.39 is 0 Å². The molecule has 0 bridgehead atoms. The fraction of sp³-hybridized carbons (Fsp3) is 0.211. The first-order valence-electron chi connectivity index (χ1n) is 8.75. The Labute approximate surface area is 155 Å². The molecule has 8 nitrogen and oxygen atoms in total. The van der Waals surface area contributed by atoms with Crippen LogP contribution in [0.4, 0.5) is 0 Å². The van der Waals surface area contributed by atoms with Gasteiger partial charge >= 0.3 is 0 Å². The fourth-order valence-corrected chi connectivity index (χ4v) is 2.79. The number of hydrogen-bond acceptors (Lipinski definition) is 6. The van der Waals surface area contributed by atoms with Crippen LogP contribution in [0.5, 0.6) is 0 Å². The van der Waals surface area contributed by atoms with Crippen molar-refractivity contribution in [3.8, 4) is 11.5 Å². The van der Waals surface area contributed by atoms with E-state index in [1.165, 1.54) is 0 Å². The largest absolute Gasteiger partial charge is 0.345 e. The third-order valence-corrected chi connectivity index (χ3v) is 4.12. The molecular weight excluding hydrogens is 344 g/mol. The minimum absolute atomic E-state index is 0.162. The number of pyridine rings is 1. The SMILES string of the molecule is CCCc1noc(-c2cccn3c(CNC(=O)c4ccccc4)nnc23)n1. The summed E-state index contributed by atoms with van der Waals surface area (Å²) in [6.45, 7) is 2.31. The number of aromatic nitrogens is 5. The molecule has 0 unspecified atom stereocenters. The van der Waals surface area contributed by atoms with Crippen LogP contribution in [0.2, 0.25) is 0 Å². The van der Waals surface area contributed by atoms with E-state index in [4.69, 9.17) is 4.52 Å². The molecule has 8 heteroatoms. The maximum atomic E-state index is 12.2. The first-order chi connectivity index (χ1) is 13.3. The molecule has 1 aromatic carbocycles. The summed E-state index contributed by atoms with van der Waals surface area (Å²) in [5.41, 5.74) is 1.91. The molecule has 3 aromatic heterocycles. The topological polar surface area (TPSA) is 98.2 Å². The second kappa shape index (κ2) is 7.36. The quantitative estimate of drug-likeness (QED) is 0.566. The van der Waals surface area contributed by atoms with E-state index in [1.807, 2.05) is 40.9 Å². The van der Waals surface area contributed by atoms with Gasteiger partial charge in [0.05, 0.1) is 12.1 Å². The lowest BCUT2D eigenvalue weighted by Gasteiger charge is -2.04. The van der Waals surface area contributed by atoms with Crippen LogP contribution < -0.4 is 5.32 Å². The van der Waals surface area contributed by atoms with Gasteiger partial charge in [0.1, 0.15) is 0 Å². The molecule has 1 amide bonds. The van der Waals surface area contributed by atoms with Crippen LogP contribution in [-0.2, 0) is 13.0 Å². The number of carbonyl (C=O) groups is 1.